The van der Waals surface area contributed by atoms with Gasteiger partial charge in [0.25, 0.3) is 0 Å². The van der Waals surface area contributed by atoms with E-state index in [2.05, 4.69) is 31.9 Å². The van der Waals surface area contributed by atoms with Crippen LogP contribution in [0.1, 0.15) is 11.7 Å². The Morgan fingerprint density at radius 3 is 2.17 bits per heavy atom. The number of hydrogen-bond donors (Lipinski definition) is 1. The third kappa shape index (κ3) is 2.73. The van der Waals surface area contributed by atoms with Crippen molar-refractivity contribution in [1.82, 2.24) is 0 Å². The molecule has 0 heterocycles. The molecular formula is C8H7Br2ClO. The zero-order chi connectivity index (χ0) is 9.14. The van der Waals surface area contributed by atoms with Gasteiger partial charge < -0.3 is 5.11 Å². The zero-order valence-electron chi connectivity index (χ0n) is 6.10. The summed E-state index contributed by atoms with van der Waals surface area (Å²) in [4.78, 5) is 0. The van der Waals surface area contributed by atoms with Crippen molar-refractivity contribution in [1.29, 1.82) is 0 Å². The average molecular weight is 314 g/mol. The molecule has 0 bridgehead atoms. The van der Waals surface area contributed by atoms with Crippen LogP contribution in [0, 0.1) is 0 Å². The van der Waals surface area contributed by atoms with E-state index >= 15 is 0 Å². The minimum atomic E-state index is -0.597. The number of hydrogen-bond acceptors (Lipinski definition) is 1. The van der Waals surface area contributed by atoms with Crippen molar-refractivity contribution < 1.29 is 5.11 Å². The summed E-state index contributed by atoms with van der Waals surface area (Å²) in [6, 6.07) is 5.60. The Bertz CT molecular complexity index is 258. The highest BCUT2D eigenvalue weighted by Crippen LogP contribution is 2.24. The van der Waals surface area contributed by atoms with Gasteiger partial charge in [0.1, 0.15) is 0 Å². The molecule has 0 aliphatic rings. The maximum atomic E-state index is 9.40. The molecule has 4 heteroatoms. The lowest BCUT2D eigenvalue weighted by Crippen LogP contribution is -1.98. The van der Waals surface area contributed by atoms with E-state index in [1.807, 2.05) is 18.2 Å². The lowest BCUT2D eigenvalue weighted by atomic mass is 10.1. The van der Waals surface area contributed by atoms with Gasteiger partial charge in [0.05, 0.1) is 12.0 Å². The highest BCUT2D eigenvalue weighted by atomic mass is 79.9. The van der Waals surface area contributed by atoms with E-state index < -0.39 is 6.10 Å². The van der Waals surface area contributed by atoms with Crippen LogP contribution in [0.2, 0.25) is 0 Å². The van der Waals surface area contributed by atoms with E-state index in [-0.39, 0.29) is 5.88 Å². The van der Waals surface area contributed by atoms with E-state index in [0.717, 1.165) is 14.5 Å². The molecule has 0 saturated carbocycles. The molecule has 0 spiro atoms. The Morgan fingerprint density at radius 1 is 1.25 bits per heavy atom. The van der Waals surface area contributed by atoms with Crippen molar-refractivity contribution in [2.24, 2.45) is 0 Å². The number of aliphatic hydroxyl groups excluding tert-OH is 1. The zero-order valence-corrected chi connectivity index (χ0v) is 10.0. The van der Waals surface area contributed by atoms with Gasteiger partial charge in [-0.1, -0.05) is 31.9 Å². The molecule has 1 atom stereocenters. The standard InChI is InChI=1S/C8H7Br2ClO/c9-6-1-5(8(12)4-11)2-7(10)3-6/h1-3,8,12H,4H2/t8-/m0/s1. The minimum absolute atomic E-state index is 0.211. The predicted molar refractivity (Wildman–Crippen MR) is 57.5 cm³/mol. The van der Waals surface area contributed by atoms with Crippen LogP contribution in [0.25, 0.3) is 0 Å². The first-order chi connectivity index (χ1) is 5.63. The molecule has 0 saturated heterocycles. The number of rotatable bonds is 2. The van der Waals surface area contributed by atoms with Gasteiger partial charge in [0.15, 0.2) is 0 Å². The number of halogens is 3. The molecule has 0 radical (unpaired) electrons. The van der Waals surface area contributed by atoms with Gasteiger partial charge in [0, 0.05) is 8.95 Å². The summed E-state index contributed by atoms with van der Waals surface area (Å²) in [5, 5.41) is 9.40. The van der Waals surface area contributed by atoms with Crippen molar-refractivity contribution >= 4 is 43.5 Å². The van der Waals surface area contributed by atoms with E-state index in [1.165, 1.54) is 0 Å². The molecule has 0 amide bonds. The molecule has 1 aromatic carbocycles. The lowest BCUT2D eigenvalue weighted by Gasteiger charge is -2.07. The molecule has 1 N–H and O–H groups in total. The summed E-state index contributed by atoms with van der Waals surface area (Å²) < 4.78 is 1.85. The fourth-order valence-electron chi connectivity index (χ4n) is 0.857. The predicted octanol–water partition coefficient (Wildman–Crippen LogP) is 3.48. The summed E-state index contributed by atoms with van der Waals surface area (Å²) in [7, 11) is 0. The van der Waals surface area contributed by atoms with Crippen LogP contribution in [-0.4, -0.2) is 11.0 Å². The summed E-state index contributed by atoms with van der Waals surface area (Å²) in [6.45, 7) is 0. The van der Waals surface area contributed by atoms with E-state index in [4.69, 9.17) is 11.6 Å². The van der Waals surface area contributed by atoms with Gasteiger partial charge in [-0.2, -0.15) is 0 Å². The highest BCUT2D eigenvalue weighted by molar-refractivity contribution is 9.11. The summed E-state index contributed by atoms with van der Waals surface area (Å²) in [6.07, 6.45) is -0.597. The lowest BCUT2D eigenvalue weighted by molar-refractivity contribution is 0.202. The van der Waals surface area contributed by atoms with Gasteiger partial charge in [-0.3, -0.25) is 0 Å². The van der Waals surface area contributed by atoms with E-state index in [9.17, 15) is 5.11 Å². The van der Waals surface area contributed by atoms with Crippen molar-refractivity contribution in [3.8, 4) is 0 Å². The van der Waals surface area contributed by atoms with E-state index in [1.54, 1.807) is 0 Å². The van der Waals surface area contributed by atoms with Crippen molar-refractivity contribution in [2.75, 3.05) is 5.88 Å². The molecule has 0 fully saturated rings. The smallest absolute Gasteiger partial charge is 0.0926 e. The Morgan fingerprint density at radius 2 is 1.75 bits per heavy atom. The Balaban J connectivity index is 3.00. The van der Waals surface area contributed by atoms with Gasteiger partial charge in [-0.05, 0) is 23.8 Å². The monoisotopic (exact) mass is 312 g/mol. The second-order valence-electron chi connectivity index (χ2n) is 2.37. The Hall–Kier alpha value is 0.430. The molecule has 12 heavy (non-hydrogen) atoms. The molecule has 0 aromatic heterocycles. The Labute approximate surface area is 93.0 Å². The normalized spacial score (nSPS) is 13.0. The minimum Gasteiger partial charge on any atom is -0.387 e. The third-order valence-corrected chi connectivity index (χ3v) is 2.62. The molecule has 1 nitrogen and oxygen atoms in total. The summed E-state index contributed by atoms with van der Waals surface area (Å²) >= 11 is 12.2. The maximum absolute atomic E-state index is 9.40. The number of benzene rings is 1. The molecule has 0 aliphatic carbocycles. The third-order valence-electron chi connectivity index (χ3n) is 1.42. The average Bonchev–Trinajstić information content (AvgIpc) is 2.01. The van der Waals surface area contributed by atoms with Crippen molar-refractivity contribution in [3.63, 3.8) is 0 Å². The quantitative estimate of drug-likeness (QED) is 0.829. The summed E-state index contributed by atoms with van der Waals surface area (Å²) in [5.41, 5.74) is 0.811. The first kappa shape index (κ1) is 10.5. The van der Waals surface area contributed by atoms with E-state index in [0.29, 0.717) is 0 Å². The fourth-order valence-corrected chi connectivity index (χ4v) is 2.36. The molecule has 0 unspecified atom stereocenters. The largest absolute Gasteiger partial charge is 0.387 e. The molecule has 66 valence electrons. The first-order valence-electron chi connectivity index (χ1n) is 3.33. The van der Waals surface area contributed by atoms with Crippen molar-refractivity contribution in [3.05, 3.63) is 32.7 Å². The molecular weight excluding hydrogens is 307 g/mol. The Kier molecular flexibility index (Phi) is 4.03. The van der Waals surface area contributed by atoms with Crippen LogP contribution in [-0.2, 0) is 0 Å². The molecule has 1 aromatic rings. The van der Waals surface area contributed by atoms with Crippen LogP contribution in [0.4, 0.5) is 0 Å². The van der Waals surface area contributed by atoms with Gasteiger partial charge >= 0.3 is 0 Å². The SMILES string of the molecule is O[C@@H](CCl)c1cc(Br)cc(Br)c1. The van der Waals surface area contributed by atoms with Gasteiger partial charge in [-0.25, -0.2) is 0 Å². The maximum Gasteiger partial charge on any atom is 0.0926 e. The van der Waals surface area contributed by atoms with Crippen LogP contribution >= 0.6 is 43.5 Å². The number of aliphatic hydroxyl groups is 1. The van der Waals surface area contributed by atoms with Gasteiger partial charge in [0.2, 0.25) is 0 Å². The second-order valence-corrected chi connectivity index (χ2v) is 4.51. The highest BCUT2D eigenvalue weighted by Gasteiger charge is 2.06. The number of alkyl halides is 1. The molecule has 0 aliphatic heterocycles. The first-order valence-corrected chi connectivity index (χ1v) is 5.45. The second kappa shape index (κ2) is 4.61. The van der Waals surface area contributed by atoms with Crippen LogP contribution in [0.5, 0.6) is 0 Å². The summed E-state index contributed by atoms with van der Waals surface area (Å²) in [5.74, 6) is 0.211. The fraction of sp³-hybridized carbons (Fsp3) is 0.250. The van der Waals surface area contributed by atoms with Crippen LogP contribution in [0.15, 0.2) is 27.1 Å². The van der Waals surface area contributed by atoms with Crippen LogP contribution < -0.4 is 0 Å². The van der Waals surface area contributed by atoms with Crippen LogP contribution in [0.3, 0.4) is 0 Å². The van der Waals surface area contributed by atoms with Crippen molar-refractivity contribution in [2.45, 2.75) is 6.10 Å². The topological polar surface area (TPSA) is 20.2 Å². The van der Waals surface area contributed by atoms with Gasteiger partial charge in [-0.15, -0.1) is 11.6 Å². The molecule has 1 rings (SSSR count).